The molecular formula is C26H20Cl2N2O5. The van der Waals surface area contributed by atoms with Crippen molar-refractivity contribution in [3.8, 4) is 17.6 Å². The minimum atomic E-state index is -0.602. The molecule has 178 valence electrons. The van der Waals surface area contributed by atoms with Crippen LogP contribution in [0.1, 0.15) is 21.5 Å². The molecule has 0 aliphatic carbocycles. The molecule has 0 saturated carbocycles. The van der Waals surface area contributed by atoms with E-state index < -0.39 is 11.9 Å². The number of halogens is 2. The first-order valence-electron chi connectivity index (χ1n) is 10.2. The number of nitrogens with one attached hydrogen (secondary N) is 1. The number of anilines is 1. The second kappa shape index (κ2) is 11.9. The van der Waals surface area contributed by atoms with Crippen molar-refractivity contribution in [1.82, 2.24) is 0 Å². The third-order valence-corrected chi connectivity index (χ3v) is 5.41. The van der Waals surface area contributed by atoms with Gasteiger partial charge < -0.3 is 19.5 Å². The lowest BCUT2D eigenvalue weighted by atomic mass is 10.1. The van der Waals surface area contributed by atoms with Crippen molar-refractivity contribution in [3.63, 3.8) is 0 Å². The number of esters is 1. The summed E-state index contributed by atoms with van der Waals surface area (Å²) in [5, 5.41) is 13.1. The lowest BCUT2D eigenvalue weighted by Crippen LogP contribution is -2.13. The van der Waals surface area contributed by atoms with Gasteiger partial charge in [0.15, 0.2) is 11.5 Å². The molecule has 1 N–H and O–H groups in total. The Morgan fingerprint density at radius 3 is 2.37 bits per heavy atom. The maximum absolute atomic E-state index is 12.6. The fourth-order valence-electron chi connectivity index (χ4n) is 3.01. The van der Waals surface area contributed by atoms with E-state index in [9.17, 15) is 14.9 Å². The van der Waals surface area contributed by atoms with E-state index in [1.165, 1.54) is 32.4 Å². The first kappa shape index (κ1) is 25.6. The van der Waals surface area contributed by atoms with Gasteiger partial charge in [0.05, 0.1) is 19.8 Å². The topological polar surface area (TPSA) is 97.7 Å². The Hall–Kier alpha value is -3.99. The Morgan fingerprint density at radius 1 is 1.00 bits per heavy atom. The number of amides is 1. The number of carbonyl (C=O) groups is 2. The summed E-state index contributed by atoms with van der Waals surface area (Å²) in [6, 6.07) is 18.1. The largest absolute Gasteiger partial charge is 0.493 e. The van der Waals surface area contributed by atoms with Crippen molar-refractivity contribution >= 4 is 46.8 Å². The predicted octanol–water partition coefficient (Wildman–Crippen LogP) is 5.91. The normalized spacial score (nSPS) is 10.8. The highest BCUT2D eigenvalue weighted by Gasteiger charge is 2.13. The Balaban J connectivity index is 1.73. The Morgan fingerprint density at radius 2 is 1.74 bits per heavy atom. The lowest BCUT2D eigenvalue weighted by Gasteiger charge is -2.12. The average molecular weight is 511 g/mol. The molecule has 0 fully saturated rings. The van der Waals surface area contributed by atoms with Crippen LogP contribution in [0.3, 0.4) is 0 Å². The van der Waals surface area contributed by atoms with Gasteiger partial charge >= 0.3 is 5.97 Å². The highest BCUT2D eigenvalue weighted by Crippen LogP contribution is 2.31. The van der Waals surface area contributed by atoms with Crippen molar-refractivity contribution in [2.24, 2.45) is 0 Å². The van der Waals surface area contributed by atoms with Gasteiger partial charge in [-0.15, -0.1) is 0 Å². The molecular weight excluding hydrogens is 491 g/mol. The number of methoxy groups -OCH3 is 2. The van der Waals surface area contributed by atoms with Crippen molar-refractivity contribution in [3.05, 3.63) is 93.0 Å². The molecule has 0 aliphatic rings. The van der Waals surface area contributed by atoms with Gasteiger partial charge in [-0.1, -0.05) is 35.3 Å². The van der Waals surface area contributed by atoms with E-state index in [0.29, 0.717) is 38.4 Å². The van der Waals surface area contributed by atoms with E-state index in [1.807, 2.05) is 6.07 Å². The van der Waals surface area contributed by atoms with Crippen LogP contribution in [0.2, 0.25) is 10.0 Å². The monoisotopic (exact) mass is 510 g/mol. The van der Waals surface area contributed by atoms with Crippen molar-refractivity contribution < 1.29 is 23.8 Å². The van der Waals surface area contributed by atoms with Gasteiger partial charge in [-0.3, -0.25) is 4.79 Å². The van der Waals surface area contributed by atoms with Gasteiger partial charge in [-0.25, -0.2) is 4.79 Å². The van der Waals surface area contributed by atoms with Crippen LogP contribution in [0.5, 0.6) is 11.5 Å². The number of hydrogen-bond donors (Lipinski definition) is 1. The molecule has 0 bridgehead atoms. The van der Waals surface area contributed by atoms with Crippen LogP contribution in [0.25, 0.3) is 6.08 Å². The minimum Gasteiger partial charge on any atom is -0.493 e. The van der Waals surface area contributed by atoms with E-state index >= 15 is 0 Å². The Labute approximate surface area is 212 Å². The quantitative estimate of drug-likeness (QED) is 0.229. The van der Waals surface area contributed by atoms with Crippen LogP contribution < -0.4 is 14.8 Å². The molecule has 0 aromatic heterocycles. The lowest BCUT2D eigenvalue weighted by molar-refractivity contribution is -0.112. The van der Waals surface area contributed by atoms with Gasteiger partial charge in [-0.2, -0.15) is 5.26 Å². The number of hydrogen-bond acceptors (Lipinski definition) is 6. The molecule has 3 aromatic carbocycles. The standard InChI is InChI=1S/C26H20Cl2N2O5/c1-33-24-12-16(3-10-23(24)35-15-18-4-7-20(27)13-22(18)28)11-19(14-29)25(31)30-21-8-5-17(6-9-21)26(32)34-2/h3-13H,15H2,1-2H3,(H,30,31)/b19-11+. The molecule has 7 nitrogen and oxygen atoms in total. The maximum atomic E-state index is 12.6. The highest BCUT2D eigenvalue weighted by molar-refractivity contribution is 6.35. The number of rotatable bonds is 8. The fraction of sp³-hybridized carbons (Fsp3) is 0.115. The summed E-state index contributed by atoms with van der Waals surface area (Å²) in [5.41, 5.74) is 1.96. The summed E-state index contributed by atoms with van der Waals surface area (Å²) in [5.74, 6) is -0.211. The predicted molar refractivity (Wildman–Crippen MR) is 134 cm³/mol. The highest BCUT2D eigenvalue weighted by atomic mass is 35.5. The summed E-state index contributed by atoms with van der Waals surface area (Å²) in [4.78, 5) is 24.1. The molecule has 1 amide bonds. The summed E-state index contributed by atoms with van der Waals surface area (Å²) >= 11 is 12.1. The second-order valence-corrected chi connectivity index (χ2v) is 7.97. The van der Waals surface area contributed by atoms with Gasteiger partial charge in [0.1, 0.15) is 18.2 Å². The molecule has 3 aromatic rings. The maximum Gasteiger partial charge on any atom is 0.337 e. The summed E-state index contributed by atoms with van der Waals surface area (Å²) in [6.45, 7) is 0.197. The van der Waals surface area contributed by atoms with Crippen LogP contribution >= 0.6 is 23.2 Å². The Bertz CT molecular complexity index is 1310. The number of nitrogens with zero attached hydrogens (tertiary/aromatic N) is 1. The molecule has 3 rings (SSSR count). The summed E-state index contributed by atoms with van der Waals surface area (Å²) in [7, 11) is 2.77. The molecule has 35 heavy (non-hydrogen) atoms. The minimum absolute atomic E-state index is 0.120. The number of nitriles is 1. The average Bonchev–Trinajstić information content (AvgIpc) is 2.87. The third-order valence-electron chi connectivity index (χ3n) is 4.83. The third kappa shape index (κ3) is 6.76. The Kier molecular flexibility index (Phi) is 8.74. The summed E-state index contributed by atoms with van der Waals surface area (Å²) in [6.07, 6.45) is 1.43. The van der Waals surface area contributed by atoms with Crippen molar-refractivity contribution in [2.45, 2.75) is 6.61 Å². The number of carbonyl (C=O) groups excluding carboxylic acids is 2. The SMILES string of the molecule is COC(=O)c1ccc(NC(=O)/C(C#N)=C/c2ccc(OCc3ccc(Cl)cc3Cl)c(OC)c2)cc1. The zero-order chi connectivity index (χ0) is 25.4. The zero-order valence-electron chi connectivity index (χ0n) is 18.8. The molecule has 0 atom stereocenters. The van der Waals surface area contributed by atoms with Gasteiger partial charge in [0, 0.05) is 21.3 Å². The first-order chi connectivity index (χ1) is 16.8. The second-order valence-electron chi connectivity index (χ2n) is 7.13. The van der Waals surface area contributed by atoms with Crippen molar-refractivity contribution in [2.75, 3.05) is 19.5 Å². The van der Waals surface area contributed by atoms with Gasteiger partial charge in [-0.05, 0) is 60.2 Å². The van der Waals surface area contributed by atoms with Gasteiger partial charge in [0.25, 0.3) is 5.91 Å². The molecule has 0 unspecified atom stereocenters. The van der Waals surface area contributed by atoms with Crippen LogP contribution in [0, 0.1) is 11.3 Å². The molecule has 0 aliphatic heterocycles. The molecule has 0 spiro atoms. The van der Waals surface area contributed by atoms with E-state index in [1.54, 1.807) is 48.5 Å². The molecule has 0 heterocycles. The number of ether oxygens (including phenoxy) is 3. The van der Waals surface area contributed by atoms with Crippen LogP contribution in [0.15, 0.2) is 66.2 Å². The summed E-state index contributed by atoms with van der Waals surface area (Å²) < 4.78 is 15.9. The van der Waals surface area contributed by atoms with Crippen LogP contribution in [-0.4, -0.2) is 26.1 Å². The zero-order valence-corrected chi connectivity index (χ0v) is 20.3. The van der Waals surface area contributed by atoms with E-state index in [2.05, 4.69) is 10.1 Å². The molecule has 0 saturated heterocycles. The van der Waals surface area contributed by atoms with Crippen molar-refractivity contribution in [1.29, 1.82) is 5.26 Å². The van der Waals surface area contributed by atoms with Gasteiger partial charge in [0.2, 0.25) is 0 Å². The van der Waals surface area contributed by atoms with E-state index in [4.69, 9.17) is 32.7 Å². The smallest absolute Gasteiger partial charge is 0.337 e. The number of benzene rings is 3. The van der Waals surface area contributed by atoms with E-state index in [-0.39, 0.29) is 12.2 Å². The molecule has 9 heteroatoms. The fourth-order valence-corrected chi connectivity index (χ4v) is 3.47. The van der Waals surface area contributed by atoms with E-state index in [0.717, 1.165) is 5.56 Å². The van der Waals surface area contributed by atoms with Crippen LogP contribution in [-0.2, 0) is 16.1 Å². The molecule has 0 radical (unpaired) electrons. The van der Waals surface area contributed by atoms with Crippen LogP contribution in [0.4, 0.5) is 5.69 Å². The first-order valence-corrected chi connectivity index (χ1v) is 11.0.